The molecule has 1 fully saturated rings. The van der Waals surface area contributed by atoms with E-state index in [2.05, 4.69) is 0 Å². The van der Waals surface area contributed by atoms with Crippen molar-refractivity contribution in [1.82, 2.24) is 0 Å². The van der Waals surface area contributed by atoms with E-state index in [9.17, 15) is 13.2 Å². The Bertz CT molecular complexity index is 527. The van der Waals surface area contributed by atoms with Crippen LogP contribution in [0.1, 0.15) is 52.5 Å². The molecule has 0 N–H and O–H groups in total. The lowest BCUT2D eigenvalue weighted by Gasteiger charge is -2.35. The van der Waals surface area contributed by atoms with Crippen molar-refractivity contribution in [2.75, 3.05) is 0 Å². The van der Waals surface area contributed by atoms with E-state index < -0.39 is 30.4 Å². The molecule has 22 heavy (non-hydrogen) atoms. The number of hydrogen-bond donors (Lipinski definition) is 0. The third-order valence-corrected chi connectivity index (χ3v) is 4.92. The molecule has 2 nitrogen and oxygen atoms in total. The highest BCUT2D eigenvalue weighted by atomic mass is 19.4. The molecule has 1 aliphatic heterocycles. The highest BCUT2D eigenvalue weighted by Gasteiger charge is 2.53. The number of halogens is 3. The van der Waals surface area contributed by atoms with Crippen LogP contribution in [0.25, 0.3) is 0 Å². The van der Waals surface area contributed by atoms with E-state index in [1.807, 2.05) is 27.7 Å². The van der Waals surface area contributed by atoms with Crippen molar-refractivity contribution in [2.24, 2.45) is 0 Å². The molecule has 0 spiro atoms. The van der Waals surface area contributed by atoms with Crippen molar-refractivity contribution >= 4 is 12.6 Å². The zero-order valence-corrected chi connectivity index (χ0v) is 13.6. The predicted octanol–water partition coefficient (Wildman–Crippen LogP) is 4.04. The summed E-state index contributed by atoms with van der Waals surface area (Å²) < 4.78 is 50.2. The summed E-state index contributed by atoms with van der Waals surface area (Å²) in [5.41, 5.74) is 0.107. The van der Waals surface area contributed by atoms with Gasteiger partial charge in [-0.1, -0.05) is 31.2 Å². The van der Waals surface area contributed by atoms with Crippen molar-refractivity contribution in [3.05, 3.63) is 29.8 Å². The minimum absolute atomic E-state index is 0.242. The maximum Gasteiger partial charge on any atom is 0.494 e. The first-order chi connectivity index (χ1) is 10.00. The Kier molecular flexibility index (Phi) is 4.39. The molecule has 2 unspecified atom stereocenters. The van der Waals surface area contributed by atoms with Gasteiger partial charge in [0.2, 0.25) is 0 Å². The molecule has 0 radical (unpaired) electrons. The fourth-order valence-corrected chi connectivity index (χ4v) is 2.57. The lowest BCUT2D eigenvalue weighted by Crippen LogP contribution is -2.44. The summed E-state index contributed by atoms with van der Waals surface area (Å²) >= 11 is 0. The average molecular weight is 314 g/mol. The van der Waals surface area contributed by atoms with Crippen LogP contribution in [-0.4, -0.2) is 24.5 Å². The lowest BCUT2D eigenvalue weighted by atomic mass is 9.78. The Labute approximate surface area is 130 Å². The van der Waals surface area contributed by atoms with Crippen molar-refractivity contribution in [3.63, 3.8) is 0 Å². The molecule has 1 aromatic rings. The van der Waals surface area contributed by atoms with Gasteiger partial charge in [0.05, 0.1) is 17.1 Å². The third-order valence-electron chi connectivity index (χ3n) is 4.92. The summed E-state index contributed by atoms with van der Waals surface area (Å²) in [5, 5.41) is 0. The van der Waals surface area contributed by atoms with Crippen molar-refractivity contribution in [3.8, 4) is 0 Å². The molecule has 2 rings (SSSR count). The van der Waals surface area contributed by atoms with E-state index in [1.165, 1.54) is 12.1 Å². The van der Waals surface area contributed by atoms with Gasteiger partial charge in [-0.2, -0.15) is 13.2 Å². The van der Waals surface area contributed by atoms with Crippen LogP contribution in [-0.2, 0) is 9.31 Å². The number of hydrogen-bond acceptors (Lipinski definition) is 2. The molecule has 0 saturated carbocycles. The van der Waals surface area contributed by atoms with E-state index in [4.69, 9.17) is 9.31 Å². The molecule has 122 valence electrons. The first-order valence-electron chi connectivity index (χ1n) is 7.52. The van der Waals surface area contributed by atoms with Crippen LogP contribution in [0.15, 0.2) is 24.3 Å². The van der Waals surface area contributed by atoms with Crippen LogP contribution in [0.2, 0.25) is 0 Å². The minimum Gasteiger partial charge on any atom is -0.399 e. The second-order valence-corrected chi connectivity index (χ2v) is 6.59. The van der Waals surface area contributed by atoms with Gasteiger partial charge < -0.3 is 9.31 Å². The van der Waals surface area contributed by atoms with Gasteiger partial charge in [-0.25, -0.2) is 0 Å². The monoisotopic (exact) mass is 314 g/mol. The van der Waals surface area contributed by atoms with E-state index in [0.29, 0.717) is 0 Å². The highest BCUT2D eigenvalue weighted by Crippen LogP contribution is 2.39. The van der Waals surface area contributed by atoms with E-state index >= 15 is 0 Å². The van der Waals surface area contributed by atoms with Gasteiger partial charge in [0.1, 0.15) is 0 Å². The predicted molar refractivity (Wildman–Crippen MR) is 81.2 cm³/mol. The second-order valence-electron chi connectivity index (χ2n) is 6.59. The van der Waals surface area contributed by atoms with E-state index in [1.54, 1.807) is 12.1 Å². The summed E-state index contributed by atoms with van der Waals surface area (Å²) in [6, 6.07) is 6.29. The SMILES string of the molecule is CCC1(C)OB(c2ccc(C(C)C(F)(F)F)cc2)OC1(C)C. The summed E-state index contributed by atoms with van der Waals surface area (Å²) in [5.74, 6) is -1.48. The zero-order valence-electron chi connectivity index (χ0n) is 13.6. The average Bonchev–Trinajstić information content (AvgIpc) is 2.68. The lowest BCUT2D eigenvalue weighted by molar-refractivity contribution is -0.146. The van der Waals surface area contributed by atoms with Gasteiger partial charge in [0.25, 0.3) is 0 Å². The maximum atomic E-state index is 12.7. The number of alkyl halides is 3. The van der Waals surface area contributed by atoms with Crippen LogP contribution in [0, 0.1) is 0 Å². The quantitative estimate of drug-likeness (QED) is 0.784. The van der Waals surface area contributed by atoms with Gasteiger partial charge in [-0.15, -0.1) is 0 Å². The summed E-state index contributed by atoms with van der Waals surface area (Å²) in [4.78, 5) is 0. The Morgan fingerprint density at radius 2 is 1.64 bits per heavy atom. The highest BCUT2D eigenvalue weighted by molar-refractivity contribution is 6.62. The number of rotatable bonds is 3. The zero-order chi connectivity index (χ0) is 16.8. The summed E-state index contributed by atoms with van der Waals surface area (Å²) in [7, 11) is -0.546. The van der Waals surface area contributed by atoms with Crippen molar-refractivity contribution in [1.29, 1.82) is 0 Å². The standard InChI is InChI=1S/C16H22BF3O2/c1-6-15(5)14(3,4)21-17(22-15)13-9-7-12(8-10-13)11(2)16(18,19)20/h7-11H,6H2,1-5H3. The summed E-state index contributed by atoms with van der Waals surface area (Å²) in [6.07, 6.45) is -3.44. The molecule has 0 aliphatic carbocycles. The van der Waals surface area contributed by atoms with Gasteiger partial charge in [-0.3, -0.25) is 0 Å². The number of benzene rings is 1. The fourth-order valence-electron chi connectivity index (χ4n) is 2.57. The van der Waals surface area contributed by atoms with Gasteiger partial charge >= 0.3 is 13.3 Å². The molecule has 1 heterocycles. The van der Waals surface area contributed by atoms with Gasteiger partial charge in [0, 0.05) is 0 Å². The molecule has 1 aliphatic rings. The van der Waals surface area contributed by atoms with Gasteiger partial charge in [-0.05, 0) is 45.1 Å². The molecule has 0 aromatic heterocycles. The van der Waals surface area contributed by atoms with Crippen LogP contribution in [0.3, 0.4) is 0 Å². The second kappa shape index (κ2) is 5.57. The van der Waals surface area contributed by atoms with E-state index in [0.717, 1.165) is 18.8 Å². The Balaban J connectivity index is 2.19. The largest absolute Gasteiger partial charge is 0.494 e. The normalized spacial score (nSPS) is 26.3. The molecule has 2 atom stereocenters. The van der Waals surface area contributed by atoms with Crippen molar-refractivity contribution < 1.29 is 22.5 Å². The van der Waals surface area contributed by atoms with E-state index in [-0.39, 0.29) is 5.56 Å². The van der Waals surface area contributed by atoms with Crippen LogP contribution < -0.4 is 5.46 Å². The molecule has 0 bridgehead atoms. The third kappa shape index (κ3) is 3.04. The fraction of sp³-hybridized carbons (Fsp3) is 0.625. The molecule has 0 amide bonds. The molecule has 1 aromatic carbocycles. The molecule has 1 saturated heterocycles. The molecular formula is C16H22BF3O2. The molecular weight excluding hydrogens is 292 g/mol. The topological polar surface area (TPSA) is 18.5 Å². The first-order valence-corrected chi connectivity index (χ1v) is 7.52. The Morgan fingerprint density at radius 1 is 1.09 bits per heavy atom. The van der Waals surface area contributed by atoms with Crippen molar-refractivity contribution in [2.45, 2.75) is 64.3 Å². The van der Waals surface area contributed by atoms with Crippen LogP contribution in [0.5, 0.6) is 0 Å². The van der Waals surface area contributed by atoms with Crippen LogP contribution in [0.4, 0.5) is 13.2 Å². The molecule has 6 heteroatoms. The maximum absolute atomic E-state index is 12.7. The van der Waals surface area contributed by atoms with Gasteiger partial charge in [0.15, 0.2) is 0 Å². The Hall–Kier alpha value is -1.01. The smallest absolute Gasteiger partial charge is 0.399 e. The minimum atomic E-state index is -4.23. The van der Waals surface area contributed by atoms with Crippen LogP contribution >= 0.6 is 0 Å². The first kappa shape index (κ1) is 17.4. The summed E-state index contributed by atoms with van der Waals surface area (Å²) in [6.45, 7) is 9.12. The Morgan fingerprint density at radius 3 is 2.05 bits per heavy atom.